The van der Waals surface area contributed by atoms with Crippen LogP contribution >= 0.6 is 11.6 Å². The number of nitrogens with zero attached hydrogens (tertiary/aromatic N) is 2. The number of halogens is 2. The molecule has 0 bridgehead atoms. The maximum absolute atomic E-state index is 13.0. The van der Waals surface area contributed by atoms with Gasteiger partial charge < -0.3 is 50.8 Å². The van der Waals surface area contributed by atoms with Gasteiger partial charge in [0.15, 0.2) is 23.0 Å². The number of hydrogen-bond acceptors (Lipinski definition) is 9. The van der Waals surface area contributed by atoms with Crippen LogP contribution < -0.4 is 11.1 Å². The van der Waals surface area contributed by atoms with Crippen molar-refractivity contribution < 1.29 is 45.3 Å². The summed E-state index contributed by atoms with van der Waals surface area (Å²) in [4.78, 5) is 26.8. The van der Waals surface area contributed by atoms with Crippen LogP contribution in [0.5, 0.6) is 23.0 Å². The number of nitrogens with two attached hydrogens (primary N) is 1. The molecule has 3 amide bonds. The number of phenolic OH excluding ortho intramolecular Hbond substituents is 4. The summed E-state index contributed by atoms with van der Waals surface area (Å²) < 4.78 is 25.9. The van der Waals surface area contributed by atoms with E-state index in [2.05, 4.69) is 98.9 Å². The predicted octanol–water partition coefficient (Wildman–Crippen LogP) is 14.7. The zero-order valence-corrected chi connectivity index (χ0v) is 53.4. The fourth-order valence-electron chi connectivity index (χ4n) is 20.0. The van der Waals surface area contributed by atoms with Gasteiger partial charge in [-0.15, -0.1) is 0 Å². The molecule has 2 unspecified atom stereocenters. The summed E-state index contributed by atoms with van der Waals surface area (Å²) >= 11 is 5.19. The average Bonchev–Trinajstić information content (AvgIpc) is 0.706. The smallest absolute Gasteiger partial charge is 0.317 e. The van der Waals surface area contributed by atoms with Crippen LogP contribution in [0.2, 0.25) is 0 Å². The summed E-state index contributed by atoms with van der Waals surface area (Å²) in [7, 11) is -1.00. The maximum atomic E-state index is 13.0. The molecule has 83 heavy (non-hydrogen) atoms. The van der Waals surface area contributed by atoms with Gasteiger partial charge in [0.25, 0.3) is 0 Å². The standard InChI is InChI=1S/C34H50N2O4.C29H43NO2.C5H8ClNO2.CH3F/c1-22-23-7-8-26-32(4,24(23)19-25(37)28(22)38)12-14-34(6)27-20-30(2,9-10-31(27,3)11-13-33(26,34)5)21-35-29(39)36-15-17-40-18-16-36;1-18-19-7-8-22-27(4,20(19)15-21(31)24(18)32)12-14-29(6)23-16-25(2,17-30)9-10-26(23,3)11-13-28(22,29)5;6-5(8)7-1-3-9-4-2-7;1-2/h7-8,19,26-27,37-38H,9-18,20-21H2,1-6H3,(H,35,39);7-8,15,22-23,31-32H,9-14,16-17,30H2,1-6H3;1-4H2;1H3/t26?,27-,30-,31-,32+,33-,34+;22?,23-,25-,26-,27+,28-,29+;;/m11../s1/i;;;1D. The number of amides is 3. The van der Waals surface area contributed by atoms with Crippen LogP contribution in [0, 0.1) is 80.8 Å². The Labute approximate surface area is 503 Å². The number of carbonyl (C=O) groups is 2. The highest BCUT2D eigenvalue weighted by Gasteiger charge is 2.69. The number of allylic oxidation sites excluding steroid dienone is 2. The predicted molar refractivity (Wildman–Crippen MR) is 331 cm³/mol. The van der Waals surface area contributed by atoms with Crippen molar-refractivity contribution in [1.29, 1.82) is 0 Å². The van der Waals surface area contributed by atoms with Crippen LogP contribution in [0.15, 0.2) is 24.3 Å². The Kier molecular flexibility index (Phi) is 16.9. The molecule has 6 saturated carbocycles. The summed E-state index contributed by atoms with van der Waals surface area (Å²) in [6, 6.07) is 3.77. The van der Waals surface area contributed by atoms with Crippen molar-refractivity contribution in [2.75, 3.05) is 72.8 Å². The van der Waals surface area contributed by atoms with E-state index in [1.54, 1.807) is 4.90 Å². The minimum atomic E-state index is -1.00. The Morgan fingerprint density at radius 3 is 1.39 bits per heavy atom. The van der Waals surface area contributed by atoms with Gasteiger partial charge in [0.05, 0.1) is 35.0 Å². The molecule has 8 fully saturated rings. The first-order valence-electron chi connectivity index (χ1n) is 32.2. The van der Waals surface area contributed by atoms with E-state index in [0.29, 0.717) is 87.1 Å². The number of rotatable bonds is 3. The third kappa shape index (κ3) is 10.3. The van der Waals surface area contributed by atoms with Gasteiger partial charge in [0.1, 0.15) is 0 Å². The number of urea groups is 1. The second-order valence-electron chi connectivity index (χ2n) is 30.6. The Bertz CT molecular complexity index is 2880. The van der Waals surface area contributed by atoms with Crippen LogP contribution in [0.3, 0.4) is 0 Å². The van der Waals surface area contributed by atoms with Crippen molar-refractivity contribution in [3.05, 3.63) is 57.7 Å². The number of hydrogen-bond donors (Lipinski definition) is 6. The zero-order chi connectivity index (χ0) is 61.4. The monoisotopic (exact) mass is 1170 g/mol. The van der Waals surface area contributed by atoms with Gasteiger partial charge in [0, 0.05) is 54.7 Å². The van der Waals surface area contributed by atoms with Crippen LogP contribution in [-0.4, -0.2) is 114 Å². The third-order valence-electron chi connectivity index (χ3n) is 26.3. The van der Waals surface area contributed by atoms with E-state index in [9.17, 15) is 34.4 Å². The van der Waals surface area contributed by atoms with Gasteiger partial charge in [-0.3, -0.25) is 9.18 Å². The lowest BCUT2D eigenvalue weighted by atomic mass is 9.33. The van der Waals surface area contributed by atoms with E-state index in [1.165, 1.54) is 68.9 Å². The number of ether oxygens (including phenoxy) is 2. The number of morpholine rings is 2. The quantitative estimate of drug-likeness (QED) is 0.0991. The molecule has 0 radical (unpaired) electrons. The molecular formula is C69H104ClFN4O8. The Balaban J connectivity index is 0.000000171. The maximum Gasteiger partial charge on any atom is 0.317 e. The Morgan fingerprint density at radius 2 is 0.988 bits per heavy atom. The summed E-state index contributed by atoms with van der Waals surface area (Å²) in [5.41, 5.74) is 14.3. The van der Waals surface area contributed by atoms with Crippen molar-refractivity contribution in [3.63, 3.8) is 0 Å². The molecule has 14 heteroatoms. The van der Waals surface area contributed by atoms with Crippen LogP contribution in [0.25, 0.3) is 12.2 Å². The summed E-state index contributed by atoms with van der Waals surface area (Å²) in [6.45, 7) is 35.6. The van der Waals surface area contributed by atoms with E-state index in [4.69, 9.17) is 28.2 Å². The van der Waals surface area contributed by atoms with Gasteiger partial charge in [0.2, 0.25) is 0 Å². The lowest BCUT2D eigenvalue weighted by Gasteiger charge is -2.71. The number of carbonyl (C=O) groups excluding carboxylic acids is 2. The van der Waals surface area contributed by atoms with E-state index in [0.717, 1.165) is 67.4 Å². The molecule has 10 aliphatic rings. The largest absolute Gasteiger partial charge is 0.504 e. The first kappa shape index (κ1) is 62.0. The normalized spacial score (nSPS) is 41.0. The Morgan fingerprint density at radius 1 is 0.614 bits per heavy atom. The number of fused-ring (bicyclic) bond motifs is 14. The van der Waals surface area contributed by atoms with E-state index in [-0.39, 0.29) is 77.7 Å². The second kappa shape index (κ2) is 22.6. The number of phenols is 4. The molecule has 0 spiro atoms. The number of aromatic hydroxyl groups is 4. The number of benzene rings is 2. The van der Waals surface area contributed by atoms with Gasteiger partial charge in [-0.25, -0.2) is 4.79 Å². The molecule has 12 rings (SSSR count). The third-order valence-corrected chi connectivity index (χ3v) is 26.6. The van der Waals surface area contributed by atoms with Crippen molar-refractivity contribution in [3.8, 4) is 23.0 Å². The highest BCUT2D eigenvalue weighted by Crippen LogP contribution is 2.77. The average molecular weight is 1170 g/mol. The zero-order valence-electron chi connectivity index (χ0n) is 53.6. The molecule has 2 aromatic carbocycles. The van der Waals surface area contributed by atoms with E-state index < -0.39 is 7.15 Å². The fourth-order valence-corrected chi connectivity index (χ4v) is 20.2. The van der Waals surface area contributed by atoms with Crippen molar-refractivity contribution >= 4 is 35.2 Å². The van der Waals surface area contributed by atoms with E-state index >= 15 is 0 Å². The van der Waals surface area contributed by atoms with Crippen LogP contribution in [0.4, 0.5) is 14.0 Å². The van der Waals surface area contributed by atoms with Crippen molar-refractivity contribution in [1.82, 2.24) is 15.1 Å². The summed E-state index contributed by atoms with van der Waals surface area (Å²) in [5, 5.41) is 44.9. The minimum Gasteiger partial charge on any atom is -0.504 e. The topological polar surface area (TPSA) is 178 Å². The van der Waals surface area contributed by atoms with Crippen molar-refractivity contribution in [2.45, 2.75) is 184 Å². The van der Waals surface area contributed by atoms with Crippen LogP contribution in [0.1, 0.15) is 194 Å². The minimum absolute atomic E-state index is 0.00315. The second-order valence-corrected chi connectivity index (χ2v) is 30.9. The number of alkyl halides is 1. The summed E-state index contributed by atoms with van der Waals surface area (Å²) in [6.07, 6.45) is 26.3. The molecular weight excluding hydrogens is 1070 g/mol. The van der Waals surface area contributed by atoms with Crippen LogP contribution in [-0.2, 0) is 20.3 Å². The molecule has 2 saturated heterocycles. The first-order chi connectivity index (χ1) is 39.3. The van der Waals surface area contributed by atoms with Crippen molar-refractivity contribution in [2.24, 2.45) is 72.7 Å². The number of nitrogens with one attached hydrogen (secondary N) is 1. The molecule has 462 valence electrons. The lowest BCUT2D eigenvalue weighted by Crippen LogP contribution is -2.65. The molecule has 0 aromatic heterocycles. The Hall–Kier alpha value is -4.04. The molecule has 12 nitrogen and oxygen atoms in total. The molecule has 7 N–H and O–H groups in total. The first-order valence-corrected chi connectivity index (χ1v) is 31.9. The highest BCUT2D eigenvalue weighted by molar-refractivity contribution is 6.62. The van der Waals surface area contributed by atoms with Gasteiger partial charge in [-0.05, 0) is 223 Å². The van der Waals surface area contributed by atoms with E-state index in [1.807, 2.05) is 30.9 Å². The van der Waals surface area contributed by atoms with Gasteiger partial charge >= 0.3 is 11.4 Å². The lowest BCUT2D eigenvalue weighted by molar-refractivity contribution is -0.199. The van der Waals surface area contributed by atoms with Gasteiger partial charge in [-0.2, -0.15) is 0 Å². The SMILES string of the molecule is Cc1c(O)c(O)cc2c1C=CC1[C@@]2(C)CC[C@@]2(C)[C@@H]3C[C@](C)(CN)CC[C@]3(C)CC[C@]12C.Cc1c(O)c(O)cc2c1C=CC1[C@@]2(C)CC[C@@]2(C)[C@@H]3C[C@](C)(CNC(=O)N4CCOCC4)CC[C@]3(C)CC[C@]12C.O=C(Cl)N1CCOCC1.[2H]CF. The molecule has 8 aliphatic carbocycles. The van der Waals surface area contributed by atoms with Gasteiger partial charge in [-0.1, -0.05) is 93.5 Å². The molecule has 2 aromatic rings. The fraction of sp³-hybridized carbons (Fsp3) is 0.739. The molecule has 2 heterocycles. The molecule has 2 aliphatic heterocycles. The summed E-state index contributed by atoms with van der Waals surface area (Å²) in [5.74, 6) is 2.15. The highest BCUT2D eigenvalue weighted by atomic mass is 35.5. The molecule has 14 atom stereocenters.